The van der Waals surface area contributed by atoms with E-state index in [1.807, 2.05) is 30.3 Å². The Labute approximate surface area is 182 Å². The van der Waals surface area contributed by atoms with Gasteiger partial charge in [-0.25, -0.2) is 13.4 Å². The largest absolute Gasteiger partial charge is 0.416 e. The molecule has 2 aromatic carbocycles. The number of sulfonamides is 1. The van der Waals surface area contributed by atoms with Crippen LogP contribution in [0.1, 0.15) is 16.1 Å². The van der Waals surface area contributed by atoms with Crippen molar-refractivity contribution in [2.45, 2.75) is 11.1 Å². The van der Waals surface area contributed by atoms with Gasteiger partial charge in [-0.3, -0.25) is 9.36 Å². The van der Waals surface area contributed by atoms with E-state index in [0.717, 1.165) is 28.2 Å². The molecule has 0 radical (unpaired) electrons. The van der Waals surface area contributed by atoms with Gasteiger partial charge in [-0.05, 0) is 30.3 Å². The van der Waals surface area contributed by atoms with Gasteiger partial charge in [0.15, 0.2) is 0 Å². The van der Waals surface area contributed by atoms with Crippen LogP contribution in [0.2, 0.25) is 0 Å². The molecule has 7 nitrogen and oxygen atoms in total. The van der Waals surface area contributed by atoms with E-state index in [0.29, 0.717) is 11.8 Å². The van der Waals surface area contributed by atoms with Crippen LogP contribution in [-0.2, 0) is 16.2 Å². The first-order chi connectivity index (χ1) is 15.2. The van der Waals surface area contributed by atoms with Gasteiger partial charge in [0.25, 0.3) is 5.91 Å². The van der Waals surface area contributed by atoms with Gasteiger partial charge >= 0.3 is 6.18 Å². The van der Waals surface area contributed by atoms with E-state index in [4.69, 9.17) is 0 Å². The molecule has 0 spiro atoms. The second-order valence-corrected chi connectivity index (χ2v) is 9.14. The summed E-state index contributed by atoms with van der Waals surface area (Å²) in [5, 5.41) is 0. The zero-order chi connectivity index (χ0) is 22.9. The van der Waals surface area contributed by atoms with Gasteiger partial charge in [-0.15, -0.1) is 0 Å². The van der Waals surface area contributed by atoms with Crippen LogP contribution in [0.4, 0.5) is 13.2 Å². The van der Waals surface area contributed by atoms with E-state index in [-0.39, 0.29) is 32.1 Å². The highest BCUT2D eigenvalue weighted by atomic mass is 32.2. The molecule has 1 fully saturated rings. The normalized spacial score (nSPS) is 15.7. The van der Waals surface area contributed by atoms with Crippen LogP contribution < -0.4 is 0 Å². The summed E-state index contributed by atoms with van der Waals surface area (Å²) >= 11 is 0. The van der Waals surface area contributed by atoms with Gasteiger partial charge < -0.3 is 4.90 Å². The molecule has 2 heterocycles. The molecule has 0 saturated carbocycles. The van der Waals surface area contributed by atoms with Crippen molar-refractivity contribution in [2.24, 2.45) is 0 Å². The van der Waals surface area contributed by atoms with E-state index in [1.54, 1.807) is 4.57 Å². The van der Waals surface area contributed by atoms with Gasteiger partial charge in [0.05, 0.1) is 23.0 Å². The third-order valence-corrected chi connectivity index (χ3v) is 7.11. The Morgan fingerprint density at radius 3 is 2.28 bits per heavy atom. The quantitative estimate of drug-likeness (QED) is 0.595. The number of hydrogen-bond donors (Lipinski definition) is 0. The summed E-state index contributed by atoms with van der Waals surface area (Å²) < 4.78 is 67.4. The molecule has 32 heavy (non-hydrogen) atoms. The number of alkyl halides is 3. The topological polar surface area (TPSA) is 75.5 Å². The van der Waals surface area contributed by atoms with Crippen molar-refractivity contribution >= 4 is 15.9 Å². The lowest BCUT2D eigenvalue weighted by Gasteiger charge is -2.34. The lowest BCUT2D eigenvalue weighted by atomic mass is 10.2. The maximum Gasteiger partial charge on any atom is 0.416 e. The van der Waals surface area contributed by atoms with Crippen molar-refractivity contribution in [1.29, 1.82) is 0 Å². The molecule has 1 saturated heterocycles. The summed E-state index contributed by atoms with van der Waals surface area (Å²) in [6, 6.07) is 12.8. The number of hydrogen-bond acceptors (Lipinski definition) is 4. The summed E-state index contributed by atoms with van der Waals surface area (Å²) in [5.74, 6) is -0.303. The molecule has 1 aromatic heterocycles. The SMILES string of the molecule is O=C(c1cncn1-c1ccccc1)N1CCN(S(=O)(=O)c2cccc(C(F)(F)F)c2)CC1. The van der Waals surface area contributed by atoms with E-state index in [9.17, 15) is 26.4 Å². The summed E-state index contributed by atoms with van der Waals surface area (Å²) in [6.07, 6.45) is -1.67. The van der Waals surface area contributed by atoms with Crippen LogP contribution in [0.3, 0.4) is 0 Å². The maximum absolute atomic E-state index is 13.0. The fourth-order valence-corrected chi connectivity index (χ4v) is 4.99. The number of para-hydroxylation sites is 1. The Morgan fingerprint density at radius 2 is 1.62 bits per heavy atom. The van der Waals surface area contributed by atoms with E-state index in [1.165, 1.54) is 17.4 Å². The number of piperazine rings is 1. The Morgan fingerprint density at radius 1 is 0.938 bits per heavy atom. The number of halogens is 3. The highest BCUT2D eigenvalue weighted by Crippen LogP contribution is 2.31. The second-order valence-electron chi connectivity index (χ2n) is 7.21. The lowest BCUT2D eigenvalue weighted by molar-refractivity contribution is -0.137. The fourth-order valence-electron chi connectivity index (χ4n) is 3.52. The molecule has 1 aliphatic heterocycles. The molecule has 0 N–H and O–H groups in total. The standard InChI is InChI=1S/C21H19F3N4O3S/c22-21(23,24)16-5-4-8-18(13-16)32(30,31)27-11-9-26(10-12-27)20(29)19-14-25-15-28(19)17-6-2-1-3-7-17/h1-8,13-15H,9-12H2. The number of benzene rings is 2. The molecule has 0 aliphatic carbocycles. The van der Waals surface area contributed by atoms with Crippen molar-refractivity contribution in [1.82, 2.24) is 18.8 Å². The predicted molar refractivity (Wildman–Crippen MR) is 110 cm³/mol. The molecule has 0 atom stereocenters. The fraction of sp³-hybridized carbons (Fsp3) is 0.238. The molecule has 0 unspecified atom stereocenters. The smallest absolute Gasteiger partial charge is 0.335 e. The summed E-state index contributed by atoms with van der Waals surface area (Å²) in [7, 11) is -4.12. The number of carbonyl (C=O) groups is 1. The summed E-state index contributed by atoms with van der Waals surface area (Å²) in [4.78, 5) is 18.1. The van der Waals surface area contributed by atoms with Gasteiger partial charge in [0.1, 0.15) is 5.69 Å². The third kappa shape index (κ3) is 4.26. The van der Waals surface area contributed by atoms with E-state index >= 15 is 0 Å². The number of imidazole rings is 1. The van der Waals surface area contributed by atoms with Crippen LogP contribution in [-0.4, -0.2) is 59.3 Å². The average molecular weight is 464 g/mol. The van der Waals surface area contributed by atoms with Crippen molar-refractivity contribution in [3.63, 3.8) is 0 Å². The second kappa shape index (κ2) is 8.40. The maximum atomic E-state index is 13.0. The Kier molecular flexibility index (Phi) is 5.78. The number of nitrogens with zero attached hydrogens (tertiary/aromatic N) is 4. The molecule has 0 bridgehead atoms. The van der Waals surface area contributed by atoms with Crippen molar-refractivity contribution in [3.05, 3.63) is 78.4 Å². The molecular weight excluding hydrogens is 445 g/mol. The van der Waals surface area contributed by atoms with Crippen molar-refractivity contribution in [3.8, 4) is 5.69 Å². The molecule has 4 rings (SSSR count). The Hall–Kier alpha value is -3.18. The molecule has 168 valence electrons. The first-order valence-corrected chi connectivity index (χ1v) is 11.2. The van der Waals surface area contributed by atoms with Crippen LogP contribution in [0.5, 0.6) is 0 Å². The minimum Gasteiger partial charge on any atom is -0.335 e. The van der Waals surface area contributed by atoms with Crippen molar-refractivity contribution < 1.29 is 26.4 Å². The molecule has 1 aliphatic rings. The first-order valence-electron chi connectivity index (χ1n) is 9.72. The Balaban J connectivity index is 1.48. The monoisotopic (exact) mass is 464 g/mol. The summed E-state index contributed by atoms with van der Waals surface area (Å²) in [5.41, 5.74) is 0.0751. The van der Waals surface area contributed by atoms with Crippen LogP contribution in [0, 0.1) is 0 Å². The van der Waals surface area contributed by atoms with Crippen LogP contribution in [0.15, 0.2) is 72.0 Å². The zero-order valence-corrected chi connectivity index (χ0v) is 17.6. The number of aromatic nitrogens is 2. The number of amides is 1. The van der Waals surface area contributed by atoms with E-state index < -0.39 is 26.7 Å². The highest BCUT2D eigenvalue weighted by Gasteiger charge is 2.35. The van der Waals surface area contributed by atoms with Crippen molar-refractivity contribution in [2.75, 3.05) is 26.2 Å². The molecule has 11 heteroatoms. The van der Waals surface area contributed by atoms with E-state index in [2.05, 4.69) is 4.98 Å². The highest BCUT2D eigenvalue weighted by molar-refractivity contribution is 7.89. The summed E-state index contributed by atoms with van der Waals surface area (Å²) in [6.45, 7) is 0.168. The molecule has 3 aromatic rings. The van der Waals surface area contributed by atoms with Crippen LogP contribution in [0.25, 0.3) is 5.69 Å². The van der Waals surface area contributed by atoms with Gasteiger partial charge in [-0.2, -0.15) is 17.5 Å². The average Bonchev–Trinajstić information content (AvgIpc) is 3.29. The zero-order valence-electron chi connectivity index (χ0n) is 16.7. The minimum atomic E-state index is -4.64. The number of rotatable bonds is 4. The van der Waals surface area contributed by atoms with Crippen LogP contribution >= 0.6 is 0 Å². The lowest BCUT2D eigenvalue weighted by Crippen LogP contribution is -2.50. The Bertz CT molecular complexity index is 1220. The van der Waals surface area contributed by atoms with Gasteiger partial charge in [-0.1, -0.05) is 24.3 Å². The molecular formula is C21H19F3N4O3S. The molecule has 1 amide bonds. The predicted octanol–water partition coefficient (Wildman–Crippen LogP) is 3.04. The van der Waals surface area contributed by atoms with Gasteiger partial charge in [0.2, 0.25) is 10.0 Å². The number of carbonyl (C=O) groups excluding carboxylic acids is 1. The van der Waals surface area contributed by atoms with Gasteiger partial charge in [0, 0.05) is 31.9 Å². The first kappa shape index (κ1) is 22.0. The third-order valence-electron chi connectivity index (χ3n) is 5.22. The minimum absolute atomic E-state index is 0.0240.